The number of carbonyl (C=O) groups is 1. The van der Waals surface area contributed by atoms with Crippen LogP contribution in [0.5, 0.6) is 0 Å². The van der Waals surface area contributed by atoms with Crippen molar-refractivity contribution < 1.29 is 14.1 Å². The van der Waals surface area contributed by atoms with E-state index in [0.717, 1.165) is 11.0 Å². The molecule has 1 amide bonds. The van der Waals surface area contributed by atoms with Crippen LogP contribution in [0.2, 0.25) is 0 Å². The first-order valence-corrected chi connectivity index (χ1v) is 5.92. The number of benzene rings is 1. The lowest BCUT2D eigenvalue weighted by Gasteiger charge is -2.15. The number of carbonyl (C=O) groups excluding carboxylic acids is 1. The second-order valence-corrected chi connectivity index (χ2v) is 5.10. The number of hydrogen-bond donors (Lipinski definition) is 1. The van der Waals surface area contributed by atoms with E-state index in [-0.39, 0.29) is 5.91 Å². The average Bonchev–Trinajstić information content (AvgIpc) is 2.81. The molecule has 0 bridgehead atoms. The number of rotatable bonds is 1. The van der Waals surface area contributed by atoms with Crippen molar-refractivity contribution in [2.45, 2.75) is 26.0 Å². The van der Waals surface area contributed by atoms with Gasteiger partial charge < -0.3 is 14.6 Å². The molecule has 0 atom stereocenters. The number of amides is 1. The van der Waals surface area contributed by atoms with Gasteiger partial charge in [-0.3, -0.25) is 4.79 Å². The van der Waals surface area contributed by atoms with Crippen LogP contribution in [0.25, 0.3) is 0 Å². The van der Waals surface area contributed by atoms with E-state index in [0.29, 0.717) is 17.9 Å². The third kappa shape index (κ3) is 1.63. The van der Waals surface area contributed by atoms with Crippen LogP contribution in [0.3, 0.4) is 0 Å². The minimum atomic E-state index is -0.494. The van der Waals surface area contributed by atoms with Crippen LogP contribution in [0.4, 0.5) is 0 Å². The highest BCUT2D eigenvalue weighted by atomic mass is 16.7. The largest absolute Gasteiger partial charge is 0.563 e. The molecule has 2 aliphatic rings. The molecule has 5 heteroatoms. The molecule has 3 rings (SSSR count). The van der Waals surface area contributed by atoms with E-state index in [1.165, 1.54) is 0 Å². The summed E-state index contributed by atoms with van der Waals surface area (Å²) in [4.78, 5) is 11.6. The highest BCUT2D eigenvalue weighted by Crippen LogP contribution is 2.29. The molecule has 1 N–H and O–H groups in total. The minimum Gasteiger partial charge on any atom is -0.534 e. The summed E-state index contributed by atoms with van der Waals surface area (Å²) in [5.41, 5.74) is 2.07. The fraction of sp³-hybridized carbons (Fsp3) is 0.308. The lowest BCUT2D eigenvalue weighted by molar-refractivity contribution is 0.0966. The summed E-state index contributed by atoms with van der Waals surface area (Å²) in [6.45, 7) is 8.26. The van der Waals surface area contributed by atoms with Crippen molar-refractivity contribution in [3.63, 3.8) is 0 Å². The molecular formula is C13H14BNO3. The van der Waals surface area contributed by atoms with Crippen LogP contribution in [0.1, 0.15) is 29.8 Å². The van der Waals surface area contributed by atoms with Crippen molar-refractivity contribution in [2.24, 2.45) is 0 Å². The predicted molar refractivity (Wildman–Crippen MR) is 68.4 cm³/mol. The van der Waals surface area contributed by atoms with Crippen molar-refractivity contribution >= 4 is 18.5 Å². The molecule has 2 heterocycles. The number of nitrogens with one attached hydrogen (secondary N) is 1. The van der Waals surface area contributed by atoms with E-state index in [1.807, 2.05) is 32.0 Å². The first-order chi connectivity index (χ1) is 8.47. The summed E-state index contributed by atoms with van der Waals surface area (Å²) >= 11 is 0. The topological polar surface area (TPSA) is 47.6 Å². The van der Waals surface area contributed by atoms with Gasteiger partial charge in [0.1, 0.15) is 5.60 Å². The molecule has 1 aromatic rings. The summed E-state index contributed by atoms with van der Waals surface area (Å²) < 4.78 is 11.4. The Hall–Kier alpha value is -1.75. The Morgan fingerprint density at radius 1 is 1.44 bits per heavy atom. The zero-order chi connectivity index (χ0) is 12.9. The third-order valence-corrected chi connectivity index (χ3v) is 3.41. The molecule has 0 aromatic heterocycles. The summed E-state index contributed by atoms with van der Waals surface area (Å²) in [6, 6.07) is 5.69. The van der Waals surface area contributed by atoms with Gasteiger partial charge >= 0.3 is 7.12 Å². The Labute approximate surface area is 106 Å². The van der Waals surface area contributed by atoms with Crippen LogP contribution in [-0.2, 0) is 15.9 Å². The van der Waals surface area contributed by atoms with Gasteiger partial charge in [0.05, 0.1) is 5.76 Å². The van der Waals surface area contributed by atoms with Crippen LogP contribution < -0.4 is 10.8 Å². The van der Waals surface area contributed by atoms with Crippen molar-refractivity contribution in [3.05, 3.63) is 41.7 Å². The predicted octanol–water partition coefficient (Wildman–Crippen LogP) is 0.964. The maximum absolute atomic E-state index is 11.6. The lowest BCUT2D eigenvalue weighted by atomic mass is 9.78. The molecular weight excluding hydrogens is 229 g/mol. The van der Waals surface area contributed by atoms with Gasteiger partial charge in [-0.1, -0.05) is 18.7 Å². The summed E-state index contributed by atoms with van der Waals surface area (Å²) in [5, 5.41) is 2.79. The quantitative estimate of drug-likeness (QED) is 0.747. The molecule has 0 unspecified atom stereocenters. The molecule has 92 valence electrons. The van der Waals surface area contributed by atoms with Crippen LogP contribution >= 0.6 is 0 Å². The Morgan fingerprint density at radius 3 is 2.89 bits per heavy atom. The van der Waals surface area contributed by atoms with E-state index < -0.39 is 12.7 Å². The molecule has 1 aromatic carbocycles. The standard InChI is InChI=1S/C13H14BNO3/c1-8-13(2,3)18-14(17-8)10-5-4-9-7-15-12(16)11(9)6-10/h4-6H,1,7H2,2-3H3,(H,15,16). The van der Waals surface area contributed by atoms with Crippen molar-refractivity contribution in [2.75, 3.05) is 0 Å². The van der Waals surface area contributed by atoms with Crippen molar-refractivity contribution in [1.29, 1.82) is 0 Å². The van der Waals surface area contributed by atoms with E-state index >= 15 is 0 Å². The van der Waals surface area contributed by atoms with Gasteiger partial charge in [-0.2, -0.15) is 0 Å². The zero-order valence-electron chi connectivity index (χ0n) is 10.4. The van der Waals surface area contributed by atoms with Crippen LogP contribution in [-0.4, -0.2) is 18.6 Å². The SMILES string of the molecule is C=C1OB(c2ccc3c(c2)C(=O)NC3)OC1(C)C. The van der Waals surface area contributed by atoms with E-state index in [4.69, 9.17) is 9.31 Å². The summed E-state index contributed by atoms with van der Waals surface area (Å²) in [5.74, 6) is 0.570. The van der Waals surface area contributed by atoms with E-state index in [2.05, 4.69) is 11.9 Å². The second-order valence-electron chi connectivity index (χ2n) is 5.10. The van der Waals surface area contributed by atoms with Gasteiger partial charge in [-0.15, -0.1) is 0 Å². The second kappa shape index (κ2) is 3.62. The Kier molecular flexibility index (Phi) is 2.28. The Morgan fingerprint density at radius 2 is 2.22 bits per heavy atom. The highest BCUT2D eigenvalue weighted by Gasteiger charge is 2.43. The van der Waals surface area contributed by atoms with Gasteiger partial charge in [0, 0.05) is 12.1 Å². The Bertz CT molecular complexity index is 553. The maximum Gasteiger partial charge on any atom is 0.563 e. The van der Waals surface area contributed by atoms with Gasteiger partial charge in [-0.05, 0) is 30.9 Å². The van der Waals surface area contributed by atoms with Crippen molar-refractivity contribution in [3.8, 4) is 0 Å². The zero-order valence-corrected chi connectivity index (χ0v) is 10.4. The van der Waals surface area contributed by atoms with Crippen molar-refractivity contribution in [1.82, 2.24) is 5.32 Å². The Balaban J connectivity index is 1.93. The van der Waals surface area contributed by atoms with Crippen LogP contribution in [0.15, 0.2) is 30.5 Å². The molecule has 4 nitrogen and oxygen atoms in total. The first kappa shape index (κ1) is 11.4. The van der Waals surface area contributed by atoms with Gasteiger partial charge in [0.2, 0.25) is 0 Å². The fourth-order valence-corrected chi connectivity index (χ4v) is 2.14. The third-order valence-electron chi connectivity index (χ3n) is 3.41. The van der Waals surface area contributed by atoms with Gasteiger partial charge in [0.25, 0.3) is 5.91 Å². The number of fused-ring (bicyclic) bond motifs is 1. The van der Waals surface area contributed by atoms with Gasteiger partial charge in [0.15, 0.2) is 0 Å². The molecule has 0 saturated carbocycles. The molecule has 1 fully saturated rings. The molecule has 0 spiro atoms. The summed E-state index contributed by atoms with van der Waals surface area (Å²) in [6.07, 6.45) is 0. The van der Waals surface area contributed by atoms with Gasteiger partial charge in [-0.25, -0.2) is 0 Å². The normalized spacial score (nSPS) is 20.7. The summed E-state index contributed by atoms with van der Waals surface area (Å²) in [7, 11) is -0.480. The first-order valence-electron chi connectivity index (χ1n) is 5.92. The molecule has 0 radical (unpaired) electrons. The highest BCUT2D eigenvalue weighted by molar-refractivity contribution is 6.62. The molecule has 18 heavy (non-hydrogen) atoms. The van der Waals surface area contributed by atoms with E-state index in [1.54, 1.807) is 0 Å². The molecule has 1 saturated heterocycles. The average molecular weight is 243 g/mol. The fourth-order valence-electron chi connectivity index (χ4n) is 2.14. The van der Waals surface area contributed by atoms with Crippen LogP contribution in [0, 0.1) is 0 Å². The monoisotopic (exact) mass is 243 g/mol. The number of hydrogen-bond acceptors (Lipinski definition) is 3. The minimum absolute atomic E-state index is 0.0390. The smallest absolute Gasteiger partial charge is 0.534 e. The maximum atomic E-state index is 11.6. The van der Waals surface area contributed by atoms with E-state index in [9.17, 15) is 4.79 Å². The lowest BCUT2D eigenvalue weighted by Crippen LogP contribution is -2.34. The molecule has 2 aliphatic heterocycles. The molecule has 0 aliphatic carbocycles.